The summed E-state index contributed by atoms with van der Waals surface area (Å²) in [5, 5.41) is 11.6. The maximum Gasteiger partial charge on any atom is 0.408 e. The Morgan fingerprint density at radius 2 is 2.10 bits per heavy atom. The lowest BCUT2D eigenvalue weighted by Crippen LogP contribution is -2.37. The number of aliphatic hydroxyl groups is 1. The minimum atomic E-state index is -4.43. The van der Waals surface area contributed by atoms with Gasteiger partial charge in [0.15, 0.2) is 0 Å². The predicted octanol–water partition coefficient (Wildman–Crippen LogP) is 2.00. The third-order valence-corrected chi connectivity index (χ3v) is 2.32. The van der Waals surface area contributed by atoms with Crippen LogP contribution >= 0.6 is 0 Å². The van der Waals surface area contributed by atoms with E-state index in [0.29, 0.717) is 0 Å². The molecule has 1 atom stereocenters. The summed E-state index contributed by atoms with van der Waals surface area (Å²) in [4.78, 5) is 15.2. The van der Waals surface area contributed by atoms with Crippen LogP contribution in [-0.4, -0.2) is 39.1 Å². The van der Waals surface area contributed by atoms with Crippen LogP contribution in [0.4, 0.5) is 18.0 Å². The summed E-state index contributed by atoms with van der Waals surface area (Å²) < 4.78 is 43.1. The zero-order valence-corrected chi connectivity index (χ0v) is 11.9. The first-order valence-corrected chi connectivity index (χ1v) is 6.19. The summed E-state index contributed by atoms with van der Waals surface area (Å²) in [5.74, 6) is 0. The average molecular weight is 309 g/mol. The largest absolute Gasteiger partial charge is 0.444 e. The van der Waals surface area contributed by atoms with Crippen LogP contribution in [0, 0.1) is 0 Å². The number of carbonyl (C=O) groups excluding carboxylic acids is 1. The highest BCUT2D eigenvalue weighted by Gasteiger charge is 2.30. The number of ether oxygens (including phenoxy) is 1. The van der Waals surface area contributed by atoms with Gasteiger partial charge in [0.25, 0.3) is 0 Å². The third-order valence-electron chi connectivity index (χ3n) is 2.32. The fourth-order valence-electron chi connectivity index (χ4n) is 1.61. The first kappa shape index (κ1) is 17.3. The molecule has 1 amide bonds. The van der Waals surface area contributed by atoms with Gasteiger partial charge in [0.2, 0.25) is 0 Å². The first-order valence-electron chi connectivity index (χ1n) is 6.19. The number of alkyl carbamates (subject to hydrolysis) is 1. The molecular weight excluding hydrogens is 291 g/mol. The molecule has 1 unspecified atom stereocenters. The molecule has 0 fully saturated rings. The van der Waals surface area contributed by atoms with Crippen molar-refractivity contribution in [1.29, 1.82) is 0 Å². The molecule has 1 aromatic rings. The minimum Gasteiger partial charge on any atom is -0.444 e. The van der Waals surface area contributed by atoms with Crippen molar-refractivity contribution < 1.29 is 27.8 Å². The Kier molecular flexibility index (Phi) is 5.21. The van der Waals surface area contributed by atoms with Crippen LogP contribution in [0.1, 0.15) is 32.5 Å². The molecule has 0 aliphatic heterocycles. The van der Waals surface area contributed by atoms with E-state index in [1.165, 1.54) is 0 Å². The minimum absolute atomic E-state index is 0.0423. The Morgan fingerprint density at radius 3 is 2.57 bits per heavy atom. The normalized spacial score (nSPS) is 13.9. The molecule has 0 aliphatic rings. The van der Waals surface area contributed by atoms with Gasteiger partial charge in [0, 0.05) is 0 Å². The van der Waals surface area contributed by atoms with Crippen molar-refractivity contribution in [3.63, 3.8) is 0 Å². The van der Waals surface area contributed by atoms with Crippen LogP contribution in [0.15, 0.2) is 12.5 Å². The van der Waals surface area contributed by atoms with E-state index >= 15 is 0 Å². The van der Waals surface area contributed by atoms with Gasteiger partial charge < -0.3 is 19.7 Å². The van der Waals surface area contributed by atoms with E-state index in [2.05, 4.69) is 10.3 Å². The quantitative estimate of drug-likeness (QED) is 0.892. The molecule has 1 rings (SSSR count). The standard InChI is InChI=1S/C12H18F3N3O3/c1-11(2,3)21-10(20)17-8(5-19)9-4-16-7-18(9)6-12(13,14)15/h4,7-8,19H,5-6H2,1-3H3,(H,17,20). The monoisotopic (exact) mass is 309 g/mol. The van der Waals surface area contributed by atoms with E-state index in [-0.39, 0.29) is 5.69 Å². The zero-order valence-electron chi connectivity index (χ0n) is 11.9. The van der Waals surface area contributed by atoms with Crippen molar-refractivity contribution in [2.24, 2.45) is 0 Å². The van der Waals surface area contributed by atoms with Gasteiger partial charge in [-0.1, -0.05) is 0 Å². The van der Waals surface area contributed by atoms with Crippen LogP contribution in [0.3, 0.4) is 0 Å². The molecule has 0 spiro atoms. The highest BCUT2D eigenvalue weighted by atomic mass is 19.4. The van der Waals surface area contributed by atoms with Gasteiger partial charge in [0.1, 0.15) is 12.1 Å². The molecule has 21 heavy (non-hydrogen) atoms. The molecule has 0 bridgehead atoms. The molecule has 2 N–H and O–H groups in total. The van der Waals surface area contributed by atoms with Gasteiger partial charge in [-0.05, 0) is 20.8 Å². The predicted molar refractivity (Wildman–Crippen MR) is 67.5 cm³/mol. The second-order valence-electron chi connectivity index (χ2n) is 5.44. The number of nitrogens with zero attached hydrogens (tertiary/aromatic N) is 2. The van der Waals surface area contributed by atoms with Gasteiger partial charge in [-0.3, -0.25) is 0 Å². The lowest BCUT2D eigenvalue weighted by Gasteiger charge is -2.23. The molecular formula is C12H18F3N3O3. The summed E-state index contributed by atoms with van der Waals surface area (Å²) in [6.45, 7) is 3.11. The molecule has 0 aliphatic carbocycles. The highest BCUT2D eigenvalue weighted by molar-refractivity contribution is 5.68. The third kappa shape index (κ3) is 6.03. The molecule has 1 aromatic heterocycles. The molecule has 6 nitrogen and oxygen atoms in total. The summed E-state index contributed by atoms with van der Waals surface area (Å²) in [6, 6.07) is -1.04. The van der Waals surface area contributed by atoms with Crippen LogP contribution in [0.2, 0.25) is 0 Å². The number of halogens is 3. The number of alkyl halides is 3. The van der Waals surface area contributed by atoms with Crippen molar-refractivity contribution >= 4 is 6.09 Å². The second-order valence-corrected chi connectivity index (χ2v) is 5.44. The number of aliphatic hydroxyl groups excluding tert-OH is 1. The van der Waals surface area contributed by atoms with Crippen molar-refractivity contribution in [3.05, 3.63) is 18.2 Å². The Labute approximate surface area is 119 Å². The van der Waals surface area contributed by atoms with Crippen molar-refractivity contribution in [3.8, 4) is 0 Å². The number of carbonyl (C=O) groups is 1. The number of amides is 1. The van der Waals surface area contributed by atoms with Crippen molar-refractivity contribution in [2.45, 2.75) is 45.1 Å². The van der Waals surface area contributed by atoms with Crippen LogP contribution in [-0.2, 0) is 11.3 Å². The molecule has 9 heteroatoms. The molecule has 0 saturated carbocycles. The van der Waals surface area contributed by atoms with Gasteiger partial charge in [0.05, 0.1) is 30.9 Å². The summed E-state index contributed by atoms with van der Waals surface area (Å²) in [5.41, 5.74) is -0.711. The van der Waals surface area contributed by atoms with Gasteiger partial charge in [-0.2, -0.15) is 13.2 Å². The highest BCUT2D eigenvalue weighted by Crippen LogP contribution is 2.21. The topological polar surface area (TPSA) is 76.4 Å². The van der Waals surface area contributed by atoms with E-state index in [4.69, 9.17) is 4.74 Å². The maximum absolute atomic E-state index is 12.4. The van der Waals surface area contributed by atoms with Gasteiger partial charge >= 0.3 is 12.3 Å². The molecule has 0 saturated heterocycles. The summed E-state index contributed by atoms with van der Waals surface area (Å²) in [6.07, 6.45) is -3.12. The Balaban J connectivity index is 2.82. The molecule has 0 radical (unpaired) electrons. The SMILES string of the molecule is CC(C)(C)OC(=O)NC(CO)c1cncn1CC(F)(F)F. The van der Waals surface area contributed by atoms with Crippen molar-refractivity contribution in [1.82, 2.24) is 14.9 Å². The average Bonchev–Trinajstić information content (AvgIpc) is 2.68. The molecule has 1 heterocycles. The fourth-order valence-corrected chi connectivity index (χ4v) is 1.61. The van der Waals surface area contributed by atoms with E-state index in [9.17, 15) is 23.1 Å². The lowest BCUT2D eigenvalue weighted by molar-refractivity contribution is -0.141. The van der Waals surface area contributed by atoms with Gasteiger partial charge in [-0.25, -0.2) is 9.78 Å². The Bertz CT molecular complexity index is 480. The van der Waals surface area contributed by atoms with Crippen molar-refractivity contribution in [2.75, 3.05) is 6.61 Å². The van der Waals surface area contributed by atoms with E-state index < -0.39 is 37.1 Å². The maximum atomic E-state index is 12.4. The van der Waals surface area contributed by atoms with Crippen LogP contribution < -0.4 is 5.32 Å². The van der Waals surface area contributed by atoms with E-state index in [1.54, 1.807) is 20.8 Å². The fraction of sp³-hybridized carbons (Fsp3) is 0.667. The van der Waals surface area contributed by atoms with Crippen LogP contribution in [0.5, 0.6) is 0 Å². The number of hydrogen-bond acceptors (Lipinski definition) is 4. The molecule has 0 aromatic carbocycles. The van der Waals surface area contributed by atoms with E-state index in [1.807, 2.05) is 0 Å². The zero-order chi connectivity index (χ0) is 16.3. The smallest absolute Gasteiger partial charge is 0.408 e. The molecule has 120 valence electrons. The van der Waals surface area contributed by atoms with E-state index in [0.717, 1.165) is 17.1 Å². The Morgan fingerprint density at radius 1 is 1.48 bits per heavy atom. The van der Waals surface area contributed by atoms with Crippen LogP contribution in [0.25, 0.3) is 0 Å². The summed E-state index contributed by atoms with van der Waals surface area (Å²) >= 11 is 0. The number of rotatable bonds is 4. The summed E-state index contributed by atoms with van der Waals surface area (Å²) in [7, 11) is 0. The lowest BCUT2D eigenvalue weighted by atomic mass is 10.2. The second kappa shape index (κ2) is 6.33. The number of imidazole rings is 1. The Hall–Kier alpha value is -1.77. The number of nitrogens with one attached hydrogen (secondary N) is 1. The first-order chi connectivity index (χ1) is 9.52. The number of hydrogen-bond donors (Lipinski definition) is 2. The van der Waals surface area contributed by atoms with Gasteiger partial charge in [-0.15, -0.1) is 0 Å². The number of aromatic nitrogens is 2.